The van der Waals surface area contributed by atoms with Crippen molar-refractivity contribution in [3.63, 3.8) is 0 Å². The van der Waals surface area contributed by atoms with E-state index in [9.17, 15) is 4.39 Å². The standard InChI is InChI=1S/C14H19FN2/c15-11-6-7-14(12(16)9-11)17-8-2-4-10-3-1-5-13(10)17/h6-7,9-10,13H,1-5,8,16H2. The summed E-state index contributed by atoms with van der Waals surface area (Å²) in [4.78, 5) is 2.41. The molecule has 1 aliphatic carbocycles. The Morgan fingerprint density at radius 2 is 2.00 bits per heavy atom. The van der Waals surface area contributed by atoms with Crippen molar-refractivity contribution in [1.29, 1.82) is 0 Å². The molecule has 1 aromatic carbocycles. The smallest absolute Gasteiger partial charge is 0.125 e. The maximum absolute atomic E-state index is 13.1. The van der Waals surface area contributed by atoms with E-state index in [-0.39, 0.29) is 5.82 Å². The van der Waals surface area contributed by atoms with Gasteiger partial charge in [-0.05, 0) is 49.8 Å². The summed E-state index contributed by atoms with van der Waals surface area (Å²) >= 11 is 0. The highest BCUT2D eigenvalue weighted by Crippen LogP contribution is 2.40. The van der Waals surface area contributed by atoms with Crippen molar-refractivity contribution >= 4 is 11.4 Å². The molecule has 2 nitrogen and oxygen atoms in total. The Hall–Kier alpha value is -1.25. The molecule has 3 rings (SSSR count). The highest BCUT2D eigenvalue weighted by atomic mass is 19.1. The van der Waals surface area contributed by atoms with Gasteiger partial charge in [0.2, 0.25) is 0 Å². The number of anilines is 2. The molecule has 2 aliphatic rings. The molecule has 1 aliphatic heterocycles. The highest BCUT2D eigenvalue weighted by molar-refractivity contribution is 5.68. The molecule has 3 heteroatoms. The van der Waals surface area contributed by atoms with Crippen molar-refractivity contribution < 1.29 is 4.39 Å². The summed E-state index contributed by atoms with van der Waals surface area (Å²) < 4.78 is 13.1. The quantitative estimate of drug-likeness (QED) is 0.756. The normalized spacial score (nSPS) is 28.2. The summed E-state index contributed by atoms with van der Waals surface area (Å²) in [7, 11) is 0. The van der Waals surface area contributed by atoms with E-state index in [1.165, 1.54) is 44.2 Å². The van der Waals surface area contributed by atoms with Crippen molar-refractivity contribution in [2.24, 2.45) is 5.92 Å². The monoisotopic (exact) mass is 234 g/mol. The summed E-state index contributed by atoms with van der Waals surface area (Å²) in [5, 5.41) is 0. The predicted octanol–water partition coefficient (Wildman–Crippen LogP) is 3.18. The van der Waals surface area contributed by atoms with Gasteiger partial charge < -0.3 is 10.6 Å². The molecule has 0 amide bonds. The molecule has 17 heavy (non-hydrogen) atoms. The Morgan fingerprint density at radius 3 is 2.82 bits per heavy atom. The number of fused-ring (bicyclic) bond motifs is 1. The van der Waals surface area contributed by atoms with E-state index in [0.29, 0.717) is 11.7 Å². The zero-order chi connectivity index (χ0) is 11.8. The van der Waals surface area contributed by atoms with Crippen LogP contribution in [0.2, 0.25) is 0 Å². The summed E-state index contributed by atoms with van der Waals surface area (Å²) in [6, 6.07) is 5.43. The fraction of sp³-hybridized carbons (Fsp3) is 0.571. The molecule has 0 radical (unpaired) electrons. The van der Waals surface area contributed by atoms with E-state index in [0.717, 1.165) is 18.2 Å². The van der Waals surface area contributed by atoms with Gasteiger partial charge in [0.05, 0.1) is 11.4 Å². The minimum absolute atomic E-state index is 0.244. The van der Waals surface area contributed by atoms with Gasteiger partial charge in [0, 0.05) is 12.6 Å². The summed E-state index contributed by atoms with van der Waals surface area (Å²) in [6.07, 6.45) is 6.52. The molecular weight excluding hydrogens is 215 g/mol. The Bertz CT molecular complexity index is 419. The van der Waals surface area contributed by atoms with Gasteiger partial charge >= 0.3 is 0 Å². The fourth-order valence-electron chi connectivity index (χ4n) is 3.54. The number of halogens is 1. The second kappa shape index (κ2) is 4.21. The molecule has 2 atom stereocenters. The maximum Gasteiger partial charge on any atom is 0.125 e. The van der Waals surface area contributed by atoms with Gasteiger partial charge in [0.1, 0.15) is 5.82 Å². The summed E-state index contributed by atoms with van der Waals surface area (Å²) in [6.45, 7) is 1.07. The van der Waals surface area contributed by atoms with E-state index in [1.807, 2.05) is 6.07 Å². The van der Waals surface area contributed by atoms with Crippen LogP contribution in [0.3, 0.4) is 0 Å². The number of piperidine rings is 1. The number of nitrogens with zero attached hydrogens (tertiary/aromatic N) is 1. The van der Waals surface area contributed by atoms with Crippen LogP contribution in [0.1, 0.15) is 32.1 Å². The molecule has 2 fully saturated rings. The zero-order valence-corrected chi connectivity index (χ0v) is 10.0. The highest BCUT2D eigenvalue weighted by Gasteiger charge is 2.35. The van der Waals surface area contributed by atoms with Crippen LogP contribution in [-0.2, 0) is 0 Å². The fourth-order valence-corrected chi connectivity index (χ4v) is 3.54. The number of nitrogens with two attached hydrogens (primary N) is 1. The van der Waals surface area contributed by atoms with Crippen molar-refractivity contribution in [2.45, 2.75) is 38.1 Å². The minimum atomic E-state index is -0.244. The van der Waals surface area contributed by atoms with E-state index >= 15 is 0 Å². The number of nitrogen functional groups attached to an aromatic ring is 1. The van der Waals surface area contributed by atoms with Gasteiger partial charge in [0.25, 0.3) is 0 Å². The molecule has 0 aromatic heterocycles. The van der Waals surface area contributed by atoms with Crippen LogP contribution in [0.4, 0.5) is 15.8 Å². The molecule has 1 saturated heterocycles. The zero-order valence-electron chi connectivity index (χ0n) is 10.0. The van der Waals surface area contributed by atoms with Gasteiger partial charge in [-0.15, -0.1) is 0 Å². The van der Waals surface area contributed by atoms with Gasteiger partial charge in [0.15, 0.2) is 0 Å². The topological polar surface area (TPSA) is 29.3 Å². The number of hydrogen-bond donors (Lipinski definition) is 1. The van der Waals surface area contributed by atoms with E-state index in [1.54, 1.807) is 0 Å². The second-order valence-electron chi connectivity index (χ2n) is 5.30. The van der Waals surface area contributed by atoms with Gasteiger partial charge in [-0.25, -0.2) is 4.39 Å². The van der Waals surface area contributed by atoms with Crippen LogP contribution in [0.5, 0.6) is 0 Å². The third-order valence-corrected chi connectivity index (χ3v) is 4.29. The van der Waals surface area contributed by atoms with Crippen molar-refractivity contribution in [2.75, 3.05) is 17.2 Å². The van der Waals surface area contributed by atoms with Gasteiger partial charge in [-0.1, -0.05) is 6.42 Å². The second-order valence-corrected chi connectivity index (χ2v) is 5.30. The molecule has 2 N–H and O–H groups in total. The average Bonchev–Trinajstić information content (AvgIpc) is 2.77. The van der Waals surface area contributed by atoms with Crippen LogP contribution in [-0.4, -0.2) is 12.6 Å². The van der Waals surface area contributed by atoms with Gasteiger partial charge in [-0.2, -0.15) is 0 Å². The van der Waals surface area contributed by atoms with Crippen LogP contribution in [0, 0.1) is 11.7 Å². The molecule has 1 heterocycles. The SMILES string of the molecule is Nc1cc(F)ccc1N1CCCC2CCCC21. The Labute approximate surface area is 102 Å². The lowest BCUT2D eigenvalue weighted by atomic mass is 9.91. The lowest BCUT2D eigenvalue weighted by Crippen LogP contribution is -2.42. The molecular formula is C14H19FN2. The van der Waals surface area contributed by atoms with Crippen molar-refractivity contribution in [3.05, 3.63) is 24.0 Å². The summed E-state index contributed by atoms with van der Waals surface area (Å²) in [5.41, 5.74) is 7.56. The van der Waals surface area contributed by atoms with E-state index < -0.39 is 0 Å². The molecule has 2 unspecified atom stereocenters. The molecule has 1 saturated carbocycles. The molecule has 1 aromatic rings. The number of hydrogen-bond acceptors (Lipinski definition) is 2. The van der Waals surface area contributed by atoms with Crippen LogP contribution in [0.25, 0.3) is 0 Å². The van der Waals surface area contributed by atoms with Crippen LogP contribution >= 0.6 is 0 Å². The third-order valence-electron chi connectivity index (χ3n) is 4.29. The Morgan fingerprint density at radius 1 is 1.18 bits per heavy atom. The minimum Gasteiger partial charge on any atom is -0.397 e. The van der Waals surface area contributed by atoms with Crippen molar-refractivity contribution in [3.8, 4) is 0 Å². The first-order valence-electron chi connectivity index (χ1n) is 6.57. The van der Waals surface area contributed by atoms with Crippen LogP contribution in [0.15, 0.2) is 18.2 Å². The van der Waals surface area contributed by atoms with Gasteiger partial charge in [-0.3, -0.25) is 0 Å². The molecule has 92 valence electrons. The van der Waals surface area contributed by atoms with Crippen molar-refractivity contribution in [1.82, 2.24) is 0 Å². The van der Waals surface area contributed by atoms with E-state index in [2.05, 4.69) is 4.90 Å². The largest absolute Gasteiger partial charge is 0.397 e. The summed E-state index contributed by atoms with van der Waals surface area (Å²) in [5.74, 6) is 0.583. The maximum atomic E-state index is 13.1. The number of rotatable bonds is 1. The first kappa shape index (κ1) is 10.9. The van der Waals surface area contributed by atoms with E-state index in [4.69, 9.17) is 5.73 Å². The first-order valence-corrected chi connectivity index (χ1v) is 6.57. The molecule has 0 spiro atoms. The lowest BCUT2D eigenvalue weighted by Gasteiger charge is -2.40. The average molecular weight is 234 g/mol. The third kappa shape index (κ3) is 1.88. The Kier molecular flexibility index (Phi) is 2.69. The molecule has 0 bridgehead atoms. The predicted molar refractivity (Wildman–Crippen MR) is 68.5 cm³/mol. The lowest BCUT2D eigenvalue weighted by molar-refractivity contribution is 0.362. The first-order chi connectivity index (χ1) is 8.25. The number of benzene rings is 1. The Balaban J connectivity index is 1.91. The van der Waals surface area contributed by atoms with Crippen LogP contribution < -0.4 is 10.6 Å².